The number of nitrogens with zero attached hydrogens (tertiary/aromatic N) is 3. The first-order valence-corrected chi connectivity index (χ1v) is 8.30. The second-order valence-corrected chi connectivity index (χ2v) is 6.11. The van der Waals surface area contributed by atoms with Crippen molar-refractivity contribution in [1.82, 2.24) is 20.3 Å². The molecule has 1 saturated heterocycles. The summed E-state index contributed by atoms with van der Waals surface area (Å²) in [5, 5.41) is 11.7. The van der Waals surface area contributed by atoms with Crippen LogP contribution < -0.4 is 10.8 Å². The molecule has 1 fully saturated rings. The number of anilines is 1. The number of benzene rings is 1. The third-order valence-corrected chi connectivity index (χ3v) is 4.14. The molecule has 1 amide bonds. The van der Waals surface area contributed by atoms with Gasteiger partial charge in [0, 0.05) is 31.8 Å². The summed E-state index contributed by atoms with van der Waals surface area (Å²) in [6, 6.07) is 10.6. The number of nitrogens with one attached hydrogen (secondary N) is 2. The molecule has 0 unspecified atom stereocenters. The minimum atomic E-state index is -1.22. The van der Waals surface area contributed by atoms with Crippen LogP contribution in [0.5, 0.6) is 0 Å². The van der Waals surface area contributed by atoms with E-state index in [9.17, 15) is 9.18 Å². The molecule has 3 rings (SSSR count). The second-order valence-electron chi connectivity index (χ2n) is 6.11. The number of hydrogen-bond acceptors (Lipinski definition) is 6. The van der Waals surface area contributed by atoms with Gasteiger partial charge in [-0.3, -0.25) is 19.9 Å². The molecule has 3 N–H and O–H groups in total. The number of likely N-dealkylation sites (tertiary alicyclic amines) is 1. The molecule has 0 radical (unpaired) electrons. The number of halogens is 3. The summed E-state index contributed by atoms with van der Waals surface area (Å²) in [5.41, 5.74) is 2.70. The first-order valence-electron chi connectivity index (χ1n) is 8.30. The maximum absolute atomic E-state index is 13.3. The van der Waals surface area contributed by atoms with Gasteiger partial charge in [0.1, 0.15) is 5.82 Å². The summed E-state index contributed by atoms with van der Waals surface area (Å²) in [7, 11) is 0. The third kappa shape index (κ3) is 6.72. The van der Waals surface area contributed by atoms with Gasteiger partial charge in [0.2, 0.25) is 0 Å². The largest absolute Gasteiger partial charge is 0.365 e. The smallest absolute Gasteiger partial charge is 0.303 e. The predicted octanol–water partition coefficient (Wildman–Crippen LogP) is 2.82. The maximum atomic E-state index is 13.3. The van der Waals surface area contributed by atoms with Gasteiger partial charge in [0.25, 0.3) is 0 Å². The summed E-state index contributed by atoms with van der Waals surface area (Å²) in [5.74, 6) is -1.77. The SMILES string of the molecule is Cl.Cl.O=C(NO)/C(F)=C/c1cnc(N[C@@H]2CCN(Cc3ccccc3)C2)cn1. The molecule has 0 bridgehead atoms. The molecule has 1 aromatic heterocycles. The number of carbonyl (C=O) groups is 1. The van der Waals surface area contributed by atoms with Gasteiger partial charge >= 0.3 is 5.91 Å². The number of aromatic nitrogens is 2. The van der Waals surface area contributed by atoms with Crippen molar-refractivity contribution in [3.63, 3.8) is 0 Å². The molecular weight excluding hydrogens is 408 g/mol. The topological polar surface area (TPSA) is 90.4 Å². The highest BCUT2D eigenvalue weighted by molar-refractivity contribution is 5.94. The van der Waals surface area contributed by atoms with Crippen LogP contribution in [-0.4, -0.2) is 45.1 Å². The molecule has 0 saturated carbocycles. The zero-order valence-corrected chi connectivity index (χ0v) is 16.5. The van der Waals surface area contributed by atoms with E-state index in [1.54, 1.807) is 0 Å². The number of carbonyl (C=O) groups excluding carboxylic acids is 1. The lowest BCUT2D eigenvalue weighted by Crippen LogP contribution is -2.26. The van der Waals surface area contributed by atoms with Gasteiger partial charge in [-0.1, -0.05) is 30.3 Å². The Morgan fingerprint density at radius 2 is 2.00 bits per heavy atom. The van der Waals surface area contributed by atoms with Crippen LogP contribution in [0.2, 0.25) is 0 Å². The van der Waals surface area contributed by atoms with Crippen LogP contribution in [0.15, 0.2) is 48.6 Å². The lowest BCUT2D eigenvalue weighted by Gasteiger charge is -2.17. The van der Waals surface area contributed by atoms with Crippen LogP contribution in [0.3, 0.4) is 0 Å². The number of hydrogen-bond donors (Lipinski definition) is 3. The van der Waals surface area contributed by atoms with Crippen LogP contribution in [0, 0.1) is 0 Å². The standard InChI is InChI=1S/C18H20FN5O2.2ClH/c19-16(18(25)23-26)8-15-9-21-17(10-20-15)22-14-6-7-24(12-14)11-13-4-2-1-3-5-13;;/h1-5,8-10,14,26H,6-7,11-12H2,(H,21,22)(H,23,25);2*1H/b16-8-;;/t14-;;/m1../s1. The van der Waals surface area contributed by atoms with Crippen LogP contribution in [0.25, 0.3) is 6.08 Å². The average Bonchev–Trinajstić information content (AvgIpc) is 3.10. The van der Waals surface area contributed by atoms with E-state index in [0.717, 1.165) is 32.1 Å². The lowest BCUT2D eigenvalue weighted by atomic mass is 10.2. The summed E-state index contributed by atoms with van der Waals surface area (Å²) in [6.07, 6.45) is 4.76. The van der Waals surface area contributed by atoms with E-state index in [0.29, 0.717) is 5.82 Å². The molecule has 10 heteroatoms. The van der Waals surface area contributed by atoms with Crippen molar-refractivity contribution in [3.8, 4) is 0 Å². The van der Waals surface area contributed by atoms with Crippen molar-refractivity contribution < 1.29 is 14.4 Å². The highest BCUT2D eigenvalue weighted by atomic mass is 35.5. The quantitative estimate of drug-likeness (QED) is 0.371. The fourth-order valence-corrected chi connectivity index (χ4v) is 2.88. The molecule has 2 heterocycles. The zero-order chi connectivity index (χ0) is 18.4. The number of hydroxylamine groups is 1. The molecule has 0 spiro atoms. The van der Waals surface area contributed by atoms with E-state index >= 15 is 0 Å². The van der Waals surface area contributed by atoms with Gasteiger partial charge < -0.3 is 5.32 Å². The van der Waals surface area contributed by atoms with Crippen LogP contribution in [-0.2, 0) is 11.3 Å². The minimum absolute atomic E-state index is 0. The van der Waals surface area contributed by atoms with Crippen molar-refractivity contribution in [2.24, 2.45) is 0 Å². The van der Waals surface area contributed by atoms with E-state index in [1.807, 2.05) is 18.2 Å². The minimum Gasteiger partial charge on any atom is -0.365 e. The van der Waals surface area contributed by atoms with Gasteiger partial charge in [-0.2, -0.15) is 0 Å². The average molecular weight is 430 g/mol. The predicted molar refractivity (Wildman–Crippen MR) is 109 cm³/mol. The molecule has 1 atom stereocenters. The van der Waals surface area contributed by atoms with Gasteiger partial charge in [0.15, 0.2) is 5.83 Å². The van der Waals surface area contributed by atoms with E-state index in [1.165, 1.54) is 23.4 Å². The normalized spacial score (nSPS) is 16.6. The molecule has 1 aliphatic rings. The van der Waals surface area contributed by atoms with Crippen LogP contribution >= 0.6 is 24.8 Å². The van der Waals surface area contributed by atoms with Gasteiger partial charge in [-0.25, -0.2) is 14.9 Å². The third-order valence-electron chi connectivity index (χ3n) is 4.14. The first kappa shape index (κ1) is 23.8. The van der Waals surface area contributed by atoms with Crippen molar-refractivity contribution >= 4 is 42.6 Å². The molecular formula is C18H22Cl2FN5O2. The zero-order valence-electron chi connectivity index (χ0n) is 14.9. The summed E-state index contributed by atoms with van der Waals surface area (Å²) >= 11 is 0. The summed E-state index contributed by atoms with van der Waals surface area (Å²) < 4.78 is 13.3. The van der Waals surface area contributed by atoms with E-state index in [4.69, 9.17) is 5.21 Å². The molecule has 1 aliphatic heterocycles. The van der Waals surface area contributed by atoms with Crippen LogP contribution in [0.1, 0.15) is 17.7 Å². The Hall–Kier alpha value is -2.26. The summed E-state index contributed by atoms with van der Waals surface area (Å²) in [6.45, 7) is 2.83. The first-order chi connectivity index (χ1) is 12.6. The van der Waals surface area contributed by atoms with E-state index < -0.39 is 11.7 Å². The monoisotopic (exact) mass is 429 g/mol. The van der Waals surface area contributed by atoms with Gasteiger partial charge in [-0.15, -0.1) is 24.8 Å². The Labute approximate surface area is 174 Å². The molecule has 152 valence electrons. The molecule has 0 aliphatic carbocycles. The Balaban J connectivity index is 0.00000196. The fourth-order valence-electron chi connectivity index (χ4n) is 2.88. The van der Waals surface area contributed by atoms with Gasteiger partial charge in [0.05, 0.1) is 18.1 Å². The van der Waals surface area contributed by atoms with Crippen LogP contribution in [0.4, 0.5) is 10.2 Å². The highest BCUT2D eigenvalue weighted by Crippen LogP contribution is 2.17. The van der Waals surface area contributed by atoms with Crippen molar-refractivity contribution in [1.29, 1.82) is 0 Å². The van der Waals surface area contributed by atoms with Crippen molar-refractivity contribution in [3.05, 3.63) is 59.8 Å². The van der Waals surface area contributed by atoms with Crippen molar-refractivity contribution in [2.75, 3.05) is 18.4 Å². The molecule has 28 heavy (non-hydrogen) atoms. The lowest BCUT2D eigenvalue weighted by molar-refractivity contribution is -0.126. The molecule has 1 aromatic carbocycles. The Morgan fingerprint density at radius 1 is 1.25 bits per heavy atom. The molecule has 2 aromatic rings. The Kier molecular flexibility index (Phi) is 9.81. The fraction of sp³-hybridized carbons (Fsp3) is 0.278. The van der Waals surface area contributed by atoms with E-state index in [2.05, 4.69) is 32.3 Å². The summed E-state index contributed by atoms with van der Waals surface area (Å²) in [4.78, 5) is 21.5. The van der Waals surface area contributed by atoms with Crippen molar-refractivity contribution in [2.45, 2.75) is 19.0 Å². The van der Waals surface area contributed by atoms with E-state index in [-0.39, 0.29) is 36.5 Å². The molecule has 7 nitrogen and oxygen atoms in total. The van der Waals surface area contributed by atoms with Gasteiger partial charge in [-0.05, 0) is 12.0 Å². The number of amides is 1. The highest BCUT2D eigenvalue weighted by Gasteiger charge is 2.22. The Morgan fingerprint density at radius 3 is 2.64 bits per heavy atom. The second kappa shape index (κ2) is 11.6. The number of rotatable bonds is 6. The maximum Gasteiger partial charge on any atom is 0.303 e. The Bertz CT molecular complexity index is 777.